The van der Waals surface area contributed by atoms with E-state index in [1.165, 1.54) is 16.2 Å². The molecule has 3 rings (SSSR count). The number of para-hydroxylation sites is 1. The van der Waals surface area contributed by atoms with Crippen LogP contribution in [0.4, 0.5) is 5.69 Å². The van der Waals surface area contributed by atoms with Crippen LogP contribution in [-0.4, -0.2) is 23.3 Å². The molecule has 4 nitrogen and oxygen atoms in total. The van der Waals surface area contributed by atoms with Crippen molar-refractivity contribution in [3.05, 3.63) is 51.7 Å². The summed E-state index contributed by atoms with van der Waals surface area (Å²) >= 11 is 1.50. The number of anilines is 1. The van der Waals surface area contributed by atoms with Gasteiger partial charge in [-0.25, -0.2) is 0 Å². The molecule has 0 atom stereocenters. The van der Waals surface area contributed by atoms with Gasteiger partial charge < -0.3 is 10.2 Å². The number of aryl methyl sites for hydroxylation is 1. The fraction of sp³-hybridized carbons (Fsp3) is 0.250. The number of nitrogens with zero attached hydrogens (tertiary/aromatic N) is 1. The first-order valence-electron chi connectivity index (χ1n) is 6.93. The van der Waals surface area contributed by atoms with Gasteiger partial charge in [-0.1, -0.05) is 25.1 Å². The van der Waals surface area contributed by atoms with Crippen molar-refractivity contribution in [2.24, 2.45) is 0 Å². The van der Waals surface area contributed by atoms with E-state index in [4.69, 9.17) is 0 Å². The second-order valence-electron chi connectivity index (χ2n) is 4.99. The lowest BCUT2D eigenvalue weighted by Crippen LogP contribution is -2.34. The molecule has 0 spiro atoms. The van der Waals surface area contributed by atoms with Gasteiger partial charge in [-0.3, -0.25) is 9.59 Å². The third-order valence-electron chi connectivity index (χ3n) is 3.50. The van der Waals surface area contributed by atoms with Gasteiger partial charge in [-0.05, 0) is 30.2 Å². The highest BCUT2D eigenvalue weighted by Crippen LogP contribution is 2.24. The number of benzene rings is 1. The lowest BCUT2D eigenvalue weighted by molar-refractivity contribution is -0.116. The van der Waals surface area contributed by atoms with Crippen LogP contribution in [0, 0.1) is 0 Å². The van der Waals surface area contributed by atoms with Crippen molar-refractivity contribution >= 4 is 28.8 Å². The summed E-state index contributed by atoms with van der Waals surface area (Å²) in [5, 5.41) is 2.85. The van der Waals surface area contributed by atoms with E-state index in [0.29, 0.717) is 11.4 Å². The first-order valence-corrected chi connectivity index (χ1v) is 7.74. The van der Waals surface area contributed by atoms with Crippen molar-refractivity contribution in [2.45, 2.75) is 19.9 Å². The van der Waals surface area contributed by atoms with Crippen LogP contribution in [0.25, 0.3) is 0 Å². The fourth-order valence-electron chi connectivity index (χ4n) is 2.39. The molecule has 1 N–H and O–H groups in total. The van der Waals surface area contributed by atoms with Crippen LogP contribution >= 0.6 is 11.3 Å². The van der Waals surface area contributed by atoms with Crippen molar-refractivity contribution in [3.8, 4) is 0 Å². The zero-order valence-corrected chi connectivity index (χ0v) is 12.6. The average Bonchev–Trinajstić information content (AvgIpc) is 2.89. The zero-order valence-electron chi connectivity index (χ0n) is 11.8. The summed E-state index contributed by atoms with van der Waals surface area (Å²) in [7, 11) is 0. The Morgan fingerprint density at radius 2 is 2.05 bits per heavy atom. The highest BCUT2D eigenvalue weighted by Gasteiger charge is 2.24. The summed E-state index contributed by atoms with van der Waals surface area (Å²) in [5.41, 5.74) is 1.75. The topological polar surface area (TPSA) is 49.4 Å². The van der Waals surface area contributed by atoms with Crippen molar-refractivity contribution in [2.75, 3.05) is 11.9 Å². The molecule has 21 heavy (non-hydrogen) atoms. The maximum absolute atomic E-state index is 12.6. The first-order chi connectivity index (χ1) is 10.2. The highest BCUT2D eigenvalue weighted by atomic mass is 32.1. The summed E-state index contributed by atoms with van der Waals surface area (Å²) in [4.78, 5) is 28.0. The molecular formula is C16H16N2O2S. The summed E-state index contributed by atoms with van der Waals surface area (Å²) in [6.07, 6.45) is 0.918. The summed E-state index contributed by atoms with van der Waals surface area (Å²) in [5.74, 6) is -0.230. The van der Waals surface area contributed by atoms with Gasteiger partial charge in [0, 0.05) is 17.1 Å². The van der Waals surface area contributed by atoms with Crippen LogP contribution in [0.15, 0.2) is 36.4 Å². The third-order valence-corrected chi connectivity index (χ3v) is 4.71. The Balaban J connectivity index is 1.88. The lowest BCUT2D eigenvalue weighted by atomic mass is 10.1. The average molecular weight is 300 g/mol. The minimum atomic E-state index is -0.152. The standard InChI is InChI=1S/C16H16N2O2S/c1-2-12-7-8-14(21-12)16(20)18-9-11-5-3-4-6-13(11)17-15(19)10-18/h3-8H,2,9-10H2,1H3,(H,17,19). The highest BCUT2D eigenvalue weighted by molar-refractivity contribution is 7.14. The van der Waals surface area contributed by atoms with Gasteiger partial charge in [0.15, 0.2) is 0 Å². The van der Waals surface area contributed by atoms with E-state index in [1.807, 2.05) is 36.4 Å². The Labute approximate surface area is 127 Å². The molecule has 2 heterocycles. The van der Waals surface area contributed by atoms with Gasteiger partial charge in [0.25, 0.3) is 5.91 Å². The van der Waals surface area contributed by atoms with Gasteiger partial charge >= 0.3 is 0 Å². The molecule has 0 radical (unpaired) electrons. The second kappa shape index (κ2) is 5.69. The number of rotatable bonds is 2. The van der Waals surface area contributed by atoms with Crippen molar-refractivity contribution < 1.29 is 9.59 Å². The number of hydrogen-bond acceptors (Lipinski definition) is 3. The van der Waals surface area contributed by atoms with Gasteiger partial charge in [0.2, 0.25) is 5.91 Å². The molecule has 0 saturated carbocycles. The summed E-state index contributed by atoms with van der Waals surface area (Å²) in [6.45, 7) is 2.61. The smallest absolute Gasteiger partial charge is 0.264 e. The largest absolute Gasteiger partial charge is 0.324 e. The number of fused-ring (bicyclic) bond motifs is 1. The second-order valence-corrected chi connectivity index (χ2v) is 6.15. The van der Waals surface area contributed by atoms with Crippen LogP contribution in [-0.2, 0) is 17.8 Å². The lowest BCUT2D eigenvalue weighted by Gasteiger charge is -2.18. The number of thiophene rings is 1. The first kappa shape index (κ1) is 13.8. The Bertz CT molecular complexity index is 693. The quantitative estimate of drug-likeness (QED) is 0.927. The van der Waals surface area contributed by atoms with Crippen LogP contribution < -0.4 is 5.32 Å². The van der Waals surface area contributed by atoms with Crippen molar-refractivity contribution in [1.82, 2.24) is 4.90 Å². The molecule has 0 saturated heterocycles. The van der Waals surface area contributed by atoms with Crippen LogP contribution in [0.3, 0.4) is 0 Å². The summed E-state index contributed by atoms with van der Waals surface area (Å²) < 4.78 is 0. The predicted octanol–water partition coefficient (Wildman–Crippen LogP) is 2.91. The Hall–Kier alpha value is -2.14. The molecule has 5 heteroatoms. The van der Waals surface area contributed by atoms with Crippen molar-refractivity contribution in [1.29, 1.82) is 0 Å². The van der Waals surface area contributed by atoms with E-state index in [1.54, 1.807) is 4.90 Å². The van der Waals surface area contributed by atoms with E-state index in [0.717, 1.165) is 17.7 Å². The normalized spacial score (nSPS) is 14.3. The molecule has 2 amide bonds. The van der Waals surface area contributed by atoms with Gasteiger partial charge in [0.1, 0.15) is 6.54 Å². The SMILES string of the molecule is CCc1ccc(C(=O)N2CC(=O)Nc3ccccc3C2)s1. The molecule has 108 valence electrons. The van der Waals surface area contributed by atoms with Crippen LogP contribution in [0.1, 0.15) is 27.0 Å². The number of nitrogens with one attached hydrogen (secondary N) is 1. The van der Waals surface area contributed by atoms with Crippen molar-refractivity contribution in [3.63, 3.8) is 0 Å². The van der Waals surface area contributed by atoms with Gasteiger partial charge in [-0.2, -0.15) is 0 Å². The Kier molecular flexibility index (Phi) is 3.75. The minimum absolute atomic E-state index is 0.0773. The van der Waals surface area contributed by atoms with E-state index in [9.17, 15) is 9.59 Å². The van der Waals surface area contributed by atoms with E-state index < -0.39 is 0 Å². The molecule has 0 bridgehead atoms. The number of carbonyl (C=O) groups is 2. The molecular weight excluding hydrogens is 284 g/mol. The molecule has 0 unspecified atom stereocenters. The maximum atomic E-state index is 12.6. The number of amides is 2. The van der Waals surface area contributed by atoms with Gasteiger partial charge in [-0.15, -0.1) is 11.3 Å². The predicted molar refractivity (Wildman–Crippen MR) is 83.5 cm³/mol. The van der Waals surface area contributed by atoms with Crippen LogP contribution in [0.5, 0.6) is 0 Å². The van der Waals surface area contributed by atoms with E-state index in [-0.39, 0.29) is 18.4 Å². The molecule has 0 aliphatic carbocycles. The number of carbonyl (C=O) groups excluding carboxylic acids is 2. The molecule has 0 fully saturated rings. The number of hydrogen-bond donors (Lipinski definition) is 1. The third kappa shape index (κ3) is 2.83. The fourth-order valence-corrected chi connectivity index (χ4v) is 3.30. The molecule has 2 aromatic rings. The minimum Gasteiger partial charge on any atom is -0.324 e. The van der Waals surface area contributed by atoms with E-state index in [2.05, 4.69) is 12.2 Å². The Morgan fingerprint density at radius 3 is 2.81 bits per heavy atom. The molecule has 1 aromatic heterocycles. The summed E-state index contributed by atoms with van der Waals surface area (Å²) in [6, 6.07) is 11.4. The van der Waals surface area contributed by atoms with Gasteiger partial charge in [0.05, 0.1) is 4.88 Å². The maximum Gasteiger partial charge on any atom is 0.264 e. The zero-order chi connectivity index (χ0) is 14.8. The van der Waals surface area contributed by atoms with E-state index >= 15 is 0 Å². The monoisotopic (exact) mass is 300 g/mol. The molecule has 1 aliphatic heterocycles. The molecule has 1 aromatic carbocycles. The van der Waals surface area contributed by atoms with Crippen LogP contribution in [0.2, 0.25) is 0 Å². The molecule has 1 aliphatic rings. The Morgan fingerprint density at radius 1 is 1.24 bits per heavy atom.